The normalized spacial score (nSPS) is 16.3. The van der Waals surface area contributed by atoms with E-state index in [1.54, 1.807) is 12.1 Å². The van der Waals surface area contributed by atoms with E-state index in [9.17, 15) is 9.18 Å². The molecule has 4 rings (SSSR count). The van der Waals surface area contributed by atoms with E-state index in [0.29, 0.717) is 5.69 Å². The maximum absolute atomic E-state index is 13.1. The molecule has 1 amide bonds. The first-order valence-corrected chi connectivity index (χ1v) is 9.59. The number of nitrogens with zero attached hydrogens (tertiary/aromatic N) is 4. The maximum Gasteiger partial charge on any atom is 0.271 e. The third-order valence-corrected chi connectivity index (χ3v) is 5.96. The fourth-order valence-corrected chi connectivity index (χ4v) is 4.27. The number of likely N-dealkylation sites (tertiary alicyclic amines) is 1. The van der Waals surface area contributed by atoms with Crippen LogP contribution < -0.4 is 0 Å². The topological polar surface area (TPSA) is 40.8 Å². The maximum atomic E-state index is 13.1. The highest BCUT2D eigenvalue weighted by atomic mass is 32.1. The van der Waals surface area contributed by atoms with Gasteiger partial charge in [-0.3, -0.25) is 9.20 Å². The van der Waals surface area contributed by atoms with Gasteiger partial charge in [-0.2, -0.15) is 0 Å². The van der Waals surface area contributed by atoms with Crippen molar-refractivity contribution < 1.29 is 9.18 Å². The molecule has 0 bridgehead atoms. The van der Waals surface area contributed by atoms with E-state index in [1.165, 1.54) is 23.5 Å². The Hall–Kier alpha value is -2.25. The van der Waals surface area contributed by atoms with Gasteiger partial charge in [0.05, 0.1) is 5.69 Å². The van der Waals surface area contributed by atoms with E-state index in [4.69, 9.17) is 0 Å². The molecule has 0 saturated carbocycles. The molecule has 5 nitrogen and oxygen atoms in total. The van der Waals surface area contributed by atoms with Crippen LogP contribution in [0.1, 0.15) is 23.3 Å². The number of thiazole rings is 1. The predicted octanol–water partition coefficient (Wildman–Crippen LogP) is 3.37. The Morgan fingerprint density at radius 3 is 2.65 bits per heavy atom. The molecular formula is C19H21FN4OS. The molecule has 7 heteroatoms. The van der Waals surface area contributed by atoms with Gasteiger partial charge in [-0.05, 0) is 57.2 Å². The standard InChI is InChI=1S/C19H21FN4OS/c1-22-9-7-15(8-10-22)23(2)18(25)17-12-26-19-21-16(11-24(17)19)13-3-5-14(20)6-4-13/h3-6,11-12,15H,7-10H2,1-2H3. The van der Waals surface area contributed by atoms with Crippen LogP contribution >= 0.6 is 11.3 Å². The Morgan fingerprint density at radius 2 is 1.96 bits per heavy atom. The number of amides is 1. The molecule has 1 saturated heterocycles. The Balaban J connectivity index is 1.60. The molecule has 1 aromatic carbocycles. The van der Waals surface area contributed by atoms with Crippen LogP contribution in [0.15, 0.2) is 35.8 Å². The molecule has 0 radical (unpaired) electrons. The summed E-state index contributed by atoms with van der Waals surface area (Å²) in [4.78, 5) is 22.5. The minimum Gasteiger partial charge on any atom is -0.337 e. The Labute approximate surface area is 155 Å². The fraction of sp³-hybridized carbons (Fsp3) is 0.368. The van der Waals surface area contributed by atoms with E-state index in [-0.39, 0.29) is 17.8 Å². The highest BCUT2D eigenvalue weighted by Gasteiger charge is 2.26. The molecule has 0 N–H and O–H groups in total. The lowest BCUT2D eigenvalue weighted by molar-refractivity contribution is 0.0653. The minimum absolute atomic E-state index is 0.0221. The Bertz CT molecular complexity index is 925. The average molecular weight is 372 g/mol. The van der Waals surface area contributed by atoms with Gasteiger partial charge < -0.3 is 9.80 Å². The summed E-state index contributed by atoms with van der Waals surface area (Å²) < 4.78 is 15.0. The van der Waals surface area contributed by atoms with Gasteiger partial charge in [-0.1, -0.05) is 0 Å². The summed E-state index contributed by atoms with van der Waals surface area (Å²) in [7, 11) is 4.00. The third kappa shape index (κ3) is 3.12. The summed E-state index contributed by atoms with van der Waals surface area (Å²) in [5.74, 6) is -0.251. The summed E-state index contributed by atoms with van der Waals surface area (Å²) in [6.45, 7) is 2.03. The van der Waals surface area contributed by atoms with E-state index in [1.807, 2.05) is 27.9 Å². The Kier molecular flexibility index (Phi) is 4.50. The van der Waals surface area contributed by atoms with Gasteiger partial charge in [-0.15, -0.1) is 11.3 Å². The number of hydrogen-bond donors (Lipinski definition) is 0. The van der Waals surface area contributed by atoms with Gasteiger partial charge >= 0.3 is 0 Å². The number of carbonyl (C=O) groups excluding carboxylic acids is 1. The van der Waals surface area contributed by atoms with Crippen molar-refractivity contribution in [3.63, 3.8) is 0 Å². The number of carbonyl (C=O) groups is 1. The quantitative estimate of drug-likeness (QED) is 0.708. The summed E-state index contributed by atoms with van der Waals surface area (Å²) >= 11 is 1.45. The number of imidazole rings is 1. The zero-order valence-electron chi connectivity index (χ0n) is 14.9. The fourth-order valence-electron chi connectivity index (χ4n) is 3.43. The van der Waals surface area contributed by atoms with Crippen LogP contribution in [0, 0.1) is 5.82 Å². The number of halogens is 1. The molecule has 26 heavy (non-hydrogen) atoms. The SMILES string of the molecule is CN1CCC(N(C)C(=O)c2csc3nc(-c4ccc(F)cc4)cn23)CC1. The number of benzene rings is 1. The van der Waals surface area contributed by atoms with Gasteiger partial charge in [0.1, 0.15) is 11.5 Å². The summed E-state index contributed by atoms with van der Waals surface area (Å²) in [6, 6.07) is 6.52. The number of rotatable bonds is 3. The van der Waals surface area contributed by atoms with E-state index in [0.717, 1.165) is 42.1 Å². The summed E-state index contributed by atoms with van der Waals surface area (Å²) in [6.07, 6.45) is 3.85. The average Bonchev–Trinajstić information content (AvgIpc) is 3.22. The number of fused-ring (bicyclic) bond motifs is 1. The lowest BCUT2D eigenvalue weighted by Gasteiger charge is -2.34. The van der Waals surface area contributed by atoms with Crippen molar-refractivity contribution in [1.29, 1.82) is 0 Å². The molecule has 3 aromatic rings. The van der Waals surface area contributed by atoms with Crippen LogP contribution in [0.2, 0.25) is 0 Å². The van der Waals surface area contributed by atoms with Crippen molar-refractivity contribution in [3.8, 4) is 11.3 Å². The predicted molar refractivity (Wildman–Crippen MR) is 101 cm³/mol. The monoisotopic (exact) mass is 372 g/mol. The van der Waals surface area contributed by atoms with Crippen LogP contribution in [0.25, 0.3) is 16.2 Å². The first kappa shape index (κ1) is 17.2. The Morgan fingerprint density at radius 1 is 1.27 bits per heavy atom. The van der Waals surface area contributed by atoms with Gasteiger partial charge in [0.25, 0.3) is 5.91 Å². The second kappa shape index (κ2) is 6.81. The second-order valence-electron chi connectivity index (χ2n) is 6.86. The van der Waals surface area contributed by atoms with Crippen molar-refractivity contribution in [2.75, 3.05) is 27.2 Å². The van der Waals surface area contributed by atoms with Crippen molar-refractivity contribution in [1.82, 2.24) is 19.2 Å². The molecule has 1 aliphatic heterocycles. The molecule has 3 heterocycles. The van der Waals surface area contributed by atoms with Crippen LogP contribution in [-0.2, 0) is 0 Å². The molecule has 1 aliphatic rings. The molecule has 2 aromatic heterocycles. The molecule has 136 valence electrons. The molecule has 1 fully saturated rings. The van der Waals surface area contributed by atoms with Crippen LogP contribution in [0.4, 0.5) is 4.39 Å². The van der Waals surface area contributed by atoms with Crippen LogP contribution in [-0.4, -0.2) is 58.3 Å². The van der Waals surface area contributed by atoms with Crippen molar-refractivity contribution >= 4 is 22.2 Å². The van der Waals surface area contributed by atoms with Crippen LogP contribution in [0.3, 0.4) is 0 Å². The van der Waals surface area contributed by atoms with E-state index >= 15 is 0 Å². The van der Waals surface area contributed by atoms with E-state index < -0.39 is 0 Å². The summed E-state index contributed by atoms with van der Waals surface area (Å²) in [5, 5.41) is 1.87. The van der Waals surface area contributed by atoms with Crippen LogP contribution in [0.5, 0.6) is 0 Å². The highest BCUT2D eigenvalue weighted by Crippen LogP contribution is 2.25. The minimum atomic E-state index is -0.273. The third-order valence-electron chi connectivity index (χ3n) is 5.12. The largest absolute Gasteiger partial charge is 0.337 e. The highest BCUT2D eigenvalue weighted by molar-refractivity contribution is 7.15. The summed E-state index contributed by atoms with van der Waals surface area (Å²) in [5.41, 5.74) is 2.21. The molecule has 0 aliphatic carbocycles. The van der Waals surface area contributed by atoms with Crippen molar-refractivity contribution in [2.45, 2.75) is 18.9 Å². The van der Waals surface area contributed by atoms with Gasteiger partial charge in [0.15, 0.2) is 4.96 Å². The molecule has 0 unspecified atom stereocenters. The lowest BCUT2D eigenvalue weighted by atomic mass is 10.0. The second-order valence-corrected chi connectivity index (χ2v) is 7.69. The molecule has 0 atom stereocenters. The van der Waals surface area contributed by atoms with Gasteiger partial charge in [0, 0.05) is 30.2 Å². The first-order chi connectivity index (χ1) is 12.5. The number of aromatic nitrogens is 2. The van der Waals surface area contributed by atoms with Crippen molar-refractivity contribution in [3.05, 3.63) is 47.4 Å². The van der Waals surface area contributed by atoms with Gasteiger partial charge in [0.2, 0.25) is 0 Å². The first-order valence-electron chi connectivity index (χ1n) is 8.71. The molecule has 0 spiro atoms. The van der Waals surface area contributed by atoms with Crippen molar-refractivity contribution in [2.24, 2.45) is 0 Å². The zero-order valence-corrected chi connectivity index (χ0v) is 15.7. The van der Waals surface area contributed by atoms with Gasteiger partial charge in [-0.25, -0.2) is 9.37 Å². The zero-order chi connectivity index (χ0) is 18.3. The number of piperidine rings is 1. The number of hydrogen-bond acceptors (Lipinski definition) is 4. The van der Waals surface area contributed by atoms with E-state index in [2.05, 4.69) is 16.9 Å². The molecular weight excluding hydrogens is 351 g/mol. The lowest BCUT2D eigenvalue weighted by Crippen LogP contribution is -2.44. The smallest absolute Gasteiger partial charge is 0.271 e.